The van der Waals surface area contributed by atoms with Crippen molar-refractivity contribution < 1.29 is 9.53 Å². The third-order valence-electron chi connectivity index (χ3n) is 3.68. The van der Waals surface area contributed by atoms with Gasteiger partial charge in [-0.25, -0.2) is 0 Å². The first-order valence-electron chi connectivity index (χ1n) is 7.45. The first kappa shape index (κ1) is 14.9. The van der Waals surface area contributed by atoms with Gasteiger partial charge in [0.15, 0.2) is 0 Å². The number of rotatable bonds is 6. The van der Waals surface area contributed by atoms with E-state index in [2.05, 4.69) is 28.4 Å². The highest BCUT2D eigenvalue weighted by atomic mass is 16.5. The van der Waals surface area contributed by atoms with Crippen LogP contribution in [0.4, 0.5) is 5.69 Å². The van der Waals surface area contributed by atoms with Gasteiger partial charge in [-0.15, -0.1) is 0 Å². The minimum Gasteiger partial charge on any atom is -0.465 e. The highest BCUT2D eigenvalue weighted by molar-refractivity contribution is 5.75. The lowest BCUT2D eigenvalue weighted by Gasteiger charge is -2.22. The van der Waals surface area contributed by atoms with E-state index in [1.54, 1.807) is 0 Å². The van der Waals surface area contributed by atoms with Crippen LogP contribution in [0.25, 0.3) is 0 Å². The first-order chi connectivity index (χ1) is 9.72. The maximum atomic E-state index is 11.6. The Balaban J connectivity index is 1.97. The molecule has 110 valence electrons. The van der Waals surface area contributed by atoms with E-state index in [9.17, 15) is 4.79 Å². The molecule has 1 heterocycles. The summed E-state index contributed by atoms with van der Waals surface area (Å²) in [6.45, 7) is 7.04. The lowest BCUT2D eigenvalue weighted by molar-refractivity contribution is -0.145. The minimum absolute atomic E-state index is 0.189. The van der Waals surface area contributed by atoms with Gasteiger partial charge in [0.1, 0.15) is 6.04 Å². The number of hydrogen-bond donors (Lipinski definition) is 1. The van der Waals surface area contributed by atoms with Gasteiger partial charge in [0.05, 0.1) is 6.61 Å². The molecule has 0 saturated carbocycles. The molecule has 1 N–H and O–H groups in total. The van der Waals surface area contributed by atoms with Crippen LogP contribution in [0.1, 0.15) is 32.3 Å². The lowest BCUT2D eigenvalue weighted by Crippen LogP contribution is -2.35. The minimum atomic E-state index is -0.276. The van der Waals surface area contributed by atoms with Gasteiger partial charge in [0.25, 0.3) is 0 Å². The number of benzene rings is 1. The molecule has 0 aliphatic carbocycles. The third kappa shape index (κ3) is 3.73. The van der Waals surface area contributed by atoms with E-state index in [0.29, 0.717) is 13.2 Å². The fourth-order valence-electron chi connectivity index (χ4n) is 2.54. The second-order valence-electron chi connectivity index (χ2n) is 5.18. The average molecular weight is 276 g/mol. The monoisotopic (exact) mass is 276 g/mol. The highest BCUT2D eigenvalue weighted by Crippen LogP contribution is 2.24. The third-order valence-corrected chi connectivity index (χ3v) is 3.68. The summed E-state index contributed by atoms with van der Waals surface area (Å²) < 4.78 is 5.01. The summed E-state index contributed by atoms with van der Waals surface area (Å²) in [6.07, 6.45) is 2.53. The predicted molar refractivity (Wildman–Crippen MR) is 80.8 cm³/mol. The van der Waals surface area contributed by atoms with E-state index in [1.165, 1.54) is 24.1 Å². The van der Waals surface area contributed by atoms with Gasteiger partial charge >= 0.3 is 5.97 Å². The molecule has 1 unspecified atom stereocenters. The van der Waals surface area contributed by atoms with Gasteiger partial charge in [-0.3, -0.25) is 4.79 Å². The Bertz CT molecular complexity index is 442. The van der Waals surface area contributed by atoms with E-state index in [4.69, 9.17) is 4.74 Å². The van der Waals surface area contributed by atoms with E-state index in [0.717, 1.165) is 13.1 Å². The van der Waals surface area contributed by atoms with Crippen LogP contribution in [0.3, 0.4) is 0 Å². The topological polar surface area (TPSA) is 41.6 Å². The molecule has 1 atom stereocenters. The summed E-state index contributed by atoms with van der Waals surface area (Å²) in [5.74, 6) is -0.189. The molecule has 4 heteroatoms. The first-order valence-corrected chi connectivity index (χ1v) is 7.45. The fourth-order valence-corrected chi connectivity index (χ4v) is 2.54. The SMILES string of the molecule is CCOC(=O)C(C)NCc1ccccc1N1CCCC1. The van der Waals surface area contributed by atoms with E-state index >= 15 is 0 Å². The molecule has 0 bridgehead atoms. The normalized spacial score (nSPS) is 16.2. The molecule has 1 aromatic rings. The summed E-state index contributed by atoms with van der Waals surface area (Å²) in [4.78, 5) is 14.0. The molecule has 0 amide bonds. The van der Waals surface area contributed by atoms with Crippen molar-refractivity contribution in [1.29, 1.82) is 0 Å². The number of hydrogen-bond acceptors (Lipinski definition) is 4. The zero-order chi connectivity index (χ0) is 14.4. The van der Waals surface area contributed by atoms with Crippen molar-refractivity contribution in [3.63, 3.8) is 0 Å². The maximum Gasteiger partial charge on any atom is 0.322 e. The number of esters is 1. The summed E-state index contributed by atoms with van der Waals surface area (Å²) in [5, 5.41) is 3.25. The van der Waals surface area contributed by atoms with Gasteiger partial charge in [-0.2, -0.15) is 0 Å². The van der Waals surface area contributed by atoms with Gasteiger partial charge in [0, 0.05) is 25.3 Å². The van der Waals surface area contributed by atoms with Crippen LogP contribution in [-0.2, 0) is 16.1 Å². The molecule has 0 aromatic heterocycles. The Hall–Kier alpha value is -1.55. The average Bonchev–Trinajstić information content (AvgIpc) is 2.99. The Morgan fingerprint density at radius 1 is 1.35 bits per heavy atom. The molecular formula is C16H24N2O2. The number of nitrogens with one attached hydrogen (secondary N) is 1. The van der Waals surface area contributed by atoms with Gasteiger partial charge in [-0.1, -0.05) is 18.2 Å². The molecular weight excluding hydrogens is 252 g/mol. The largest absolute Gasteiger partial charge is 0.465 e. The maximum absolute atomic E-state index is 11.6. The number of para-hydroxylation sites is 1. The zero-order valence-electron chi connectivity index (χ0n) is 12.4. The van der Waals surface area contributed by atoms with E-state index < -0.39 is 0 Å². The van der Waals surface area contributed by atoms with Crippen LogP contribution in [0.2, 0.25) is 0 Å². The second-order valence-corrected chi connectivity index (χ2v) is 5.18. The molecule has 1 saturated heterocycles. The molecule has 1 aliphatic rings. The molecule has 2 rings (SSSR count). The fraction of sp³-hybridized carbons (Fsp3) is 0.562. The van der Waals surface area contributed by atoms with Crippen molar-refractivity contribution in [3.8, 4) is 0 Å². The van der Waals surface area contributed by atoms with Crippen molar-refractivity contribution in [2.75, 3.05) is 24.6 Å². The van der Waals surface area contributed by atoms with E-state index in [1.807, 2.05) is 19.9 Å². The molecule has 0 radical (unpaired) electrons. The summed E-state index contributed by atoms with van der Waals surface area (Å²) in [7, 11) is 0. The van der Waals surface area contributed by atoms with Gasteiger partial charge in [0.2, 0.25) is 0 Å². The second kappa shape index (κ2) is 7.29. The van der Waals surface area contributed by atoms with E-state index in [-0.39, 0.29) is 12.0 Å². The van der Waals surface area contributed by atoms with Crippen molar-refractivity contribution >= 4 is 11.7 Å². The predicted octanol–water partition coefficient (Wildman–Crippen LogP) is 2.33. The summed E-state index contributed by atoms with van der Waals surface area (Å²) in [5.41, 5.74) is 2.53. The van der Waals surface area contributed by atoms with Gasteiger partial charge in [-0.05, 0) is 38.3 Å². The number of anilines is 1. The Kier molecular flexibility index (Phi) is 5.41. The van der Waals surface area contributed by atoms with Crippen LogP contribution in [0.15, 0.2) is 24.3 Å². The number of nitrogens with zero attached hydrogens (tertiary/aromatic N) is 1. The molecule has 1 fully saturated rings. The zero-order valence-corrected chi connectivity index (χ0v) is 12.4. The summed E-state index contributed by atoms with van der Waals surface area (Å²) in [6, 6.07) is 8.13. The van der Waals surface area contributed by atoms with Crippen LogP contribution < -0.4 is 10.2 Å². The molecule has 0 spiro atoms. The van der Waals surface area contributed by atoms with Crippen LogP contribution in [-0.4, -0.2) is 31.7 Å². The van der Waals surface area contributed by atoms with Crippen LogP contribution in [0, 0.1) is 0 Å². The Morgan fingerprint density at radius 3 is 2.75 bits per heavy atom. The summed E-state index contributed by atoms with van der Waals surface area (Å²) >= 11 is 0. The van der Waals surface area contributed by atoms with Crippen molar-refractivity contribution in [1.82, 2.24) is 5.32 Å². The van der Waals surface area contributed by atoms with Crippen LogP contribution in [0.5, 0.6) is 0 Å². The number of carbonyl (C=O) groups excluding carboxylic acids is 1. The molecule has 20 heavy (non-hydrogen) atoms. The molecule has 1 aromatic carbocycles. The number of carbonyl (C=O) groups is 1. The quantitative estimate of drug-likeness (QED) is 0.810. The molecule has 1 aliphatic heterocycles. The Morgan fingerprint density at radius 2 is 2.05 bits per heavy atom. The highest BCUT2D eigenvalue weighted by Gasteiger charge is 2.17. The standard InChI is InChI=1S/C16H24N2O2/c1-3-20-16(19)13(2)17-12-14-8-4-5-9-15(14)18-10-6-7-11-18/h4-5,8-9,13,17H,3,6-7,10-12H2,1-2H3. The smallest absolute Gasteiger partial charge is 0.322 e. The van der Waals surface area contributed by atoms with Crippen LogP contribution >= 0.6 is 0 Å². The van der Waals surface area contributed by atoms with Crippen molar-refractivity contribution in [2.45, 2.75) is 39.3 Å². The van der Waals surface area contributed by atoms with Gasteiger partial charge < -0.3 is 15.0 Å². The van der Waals surface area contributed by atoms with Crippen molar-refractivity contribution in [3.05, 3.63) is 29.8 Å². The number of ether oxygens (including phenoxy) is 1. The van der Waals surface area contributed by atoms with Crippen molar-refractivity contribution in [2.24, 2.45) is 0 Å². The lowest BCUT2D eigenvalue weighted by atomic mass is 10.1. The Labute approximate surface area is 121 Å². The molecule has 4 nitrogen and oxygen atoms in total.